The fourth-order valence-electron chi connectivity index (χ4n) is 2.08. The third kappa shape index (κ3) is 3.88. The van der Waals surface area contributed by atoms with E-state index in [-0.39, 0.29) is 4.90 Å². The first-order valence-corrected chi connectivity index (χ1v) is 9.06. The lowest BCUT2D eigenvalue weighted by Crippen LogP contribution is -2.27. The lowest BCUT2D eigenvalue weighted by atomic mass is 10.3. The molecule has 6 nitrogen and oxygen atoms in total. The van der Waals surface area contributed by atoms with E-state index in [1.807, 2.05) is 0 Å². The van der Waals surface area contributed by atoms with Crippen LogP contribution < -0.4 is 14.2 Å². The Morgan fingerprint density at radius 1 is 1.17 bits per heavy atom. The summed E-state index contributed by atoms with van der Waals surface area (Å²) in [6.07, 6.45) is 0. The van der Waals surface area contributed by atoms with Crippen LogP contribution in [0.15, 0.2) is 38.1 Å². The zero-order chi connectivity index (χ0) is 17.2. The number of hydrogen-bond acceptors (Lipinski definition) is 5. The monoisotopic (exact) mass is 403 g/mol. The lowest BCUT2D eigenvalue weighted by Gasteiger charge is -2.15. The molecule has 0 amide bonds. The van der Waals surface area contributed by atoms with E-state index in [4.69, 9.17) is 13.9 Å². The molecule has 0 aliphatic heterocycles. The molecule has 2 rings (SSSR count). The van der Waals surface area contributed by atoms with Crippen LogP contribution in [0, 0.1) is 6.92 Å². The Kier molecular flexibility index (Phi) is 5.38. The van der Waals surface area contributed by atoms with Gasteiger partial charge < -0.3 is 13.9 Å². The molecule has 126 valence electrons. The van der Waals surface area contributed by atoms with Crippen molar-refractivity contribution >= 4 is 26.0 Å². The van der Waals surface area contributed by atoms with Gasteiger partial charge in [0, 0.05) is 10.5 Å². The van der Waals surface area contributed by atoms with E-state index in [9.17, 15) is 8.42 Å². The van der Waals surface area contributed by atoms with Gasteiger partial charge in [0.15, 0.2) is 11.5 Å². The van der Waals surface area contributed by atoms with Gasteiger partial charge >= 0.3 is 0 Å². The van der Waals surface area contributed by atoms with Crippen LogP contribution in [-0.2, 0) is 10.0 Å². The normalized spacial score (nSPS) is 12.9. The first-order valence-electron chi connectivity index (χ1n) is 6.78. The highest BCUT2D eigenvalue weighted by Gasteiger charge is 2.24. The standard InChI is InChI=1S/C15H18BrNO5S/c1-9-5-6-12(22-9)10(2)17-23(18,19)15-8-14(21-4)13(20-3)7-11(15)16/h5-8,10,17H,1-4H3. The van der Waals surface area contributed by atoms with Gasteiger partial charge in [-0.3, -0.25) is 0 Å². The summed E-state index contributed by atoms with van der Waals surface area (Å²) in [6.45, 7) is 3.51. The maximum absolute atomic E-state index is 12.6. The second-order valence-corrected chi connectivity index (χ2v) is 7.47. The number of sulfonamides is 1. The van der Waals surface area contributed by atoms with Crippen LogP contribution in [0.25, 0.3) is 0 Å². The summed E-state index contributed by atoms with van der Waals surface area (Å²) < 4.78 is 44.0. The molecule has 1 atom stereocenters. The highest BCUT2D eigenvalue weighted by atomic mass is 79.9. The molecule has 2 aromatic rings. The van der Waals surface area contributed by atoms with E-state index >= 15 is 0 Å². The summed E-state index contributed by atoms with van der Waals surface area (Å²) in [6, 6.07) is 5.98. The zero-order valence-electron chi connectivity index (χ0n) is 13.2. The van der Waals surface area contributed by atoms with Gasteiger partial charge in [0.25, 0.3) is 0 Å². The Morgan fingerprint density at radius 2 is 1.78 bits per heavy atom. The number of hydrogen-bond donors (Lipinski definition) is 1. The molecule has 0 saturated carbocycles. The number of methoxy groups -OCH3 is 2. The summed E-state index contributed by atoms with van der Waals surface area (Å²) in [4.78, 5) is 0.0604. The summed E-state index contributed by atoms with van der Waals surface area (Å²) in [5, 5.41) is 0. The molecular weight excluding hydrogens is 386 g/mol. The highest BCUT2D eigenvalue weighted by molar-refractivity contribution is 9.10. The van der Waals surface area contributed by atoms with Gasteiger partial charge in [-0.25, -0.2) is 13.1 Å². The van der Waals surface area contributed by atoms with Gasteiger partial charge in [-0.2, -0.15) is 0 Å². The van der Waals surface area contributed by atoms with Crippen LogP contribution in [0.3, 0.4) is 0 Å². The number of ether oxygens (including phenoxy) is 2. The van der Waals surface area contributed by atoms with Crippen LogP contribution in [0.1, 0.15) is 24.5 Å². The maximum atomic E-state index is 12.6. The van der Waals surface area contributed by atoms with Gasteiger partial charge in [0.2, 0.25) is 10.0 Å². The predicted octanol–water partition coefficient (Wildman–Crippen LogP) is 3.41. The topological polar surface area (TPSA) is 77.8 Å². The molecule has 0 bridgehead atoms. The highest BCUT2D eigenvalue weighted by Crippen LogP contribution is 2.36. The van der Waals surface area contributed by atoms with Crippen LogP contribution in [0.2, 0.25) is 0 Å². The molecule has 0 aliphatic rings. The second kappa shape index (κ2) is 6.94. The number of benzene rings is 1. The van der Waals surface area contributed by atoms with E-state index < -0.39 is 16.1 Å². The molecule has 1 aromatic heterocycles. The van der Waals surface area contributed by atoms with Crippen molar-refractivity contribution in [1.29, 1.82) is 0 Å². The quantitative estimate of drug-likeness (QED) is 0.799. The molecule has 8 heteroatoms. The van der Waals surface area contributed by atoms with Gasteiger partial charge in [-0.1, -0.05) is 0 Å². The van der Waals surface area contributed by atoms with Crippen molar-refractivity contribution in [2.75, 3.05) is 14.2 Å². The average Bonchev–Trinajstić information content (AvgIpc) is 2.92. The Balaban J connectivity index is 2.36. The molecule has 0 aliphatic carbocycles. The van der Waals surface area contributed by atoms with E-state index in [0.717, 1.165) is 5.76 Å². The predicted molar refractivity (Wildman–Crippen MR) is 89.4 cm³/mol. The van der Waals surface area contributed by atoms with E-state index in [1.54, 1.807) is 32.0 Å². The van der Waals surface area contributed by atoms with E-state index in [0.29, 0.717) is 21.7 Å². The number of furan rings is 1. The summed E-state index contributed by atoms with van der Waals surface area (Å²) in [5.74, 6) is 2.03. The van der Waals surface area contributed by atoms with E-state index in [1.165, 1.54) is 20.3 Å². The number of aryl methyl sites for hydroxylation is 1. The SMILES string of the molecule is COc1cc(Br)c(S(=O)(=O)NC(C)c2ccc(C)o2)cc1OC. The van der Waals surface area contributed by atoms with Crippen molar-refractivity contribution in [1.82, 2.24) is 4.72 Å². The molecule has 0 radical (unpaired) electrons. The first-order chi connectivity index (χ1) is 10.8. The fraction of sp³-hybridized carbons (Fsp3) is 0.333. The molecule has 1 aromatic carbocycles. The van der Waals surface area contributed by atoms with Crippen molar-refractivity contribution in [3.63, 3.8) is 0 Å². The molecule has 0 spiro atoms. The van der Waals surface area contributed by atoms with Crippen molar-refractivity contribution < 1.29 is 22.3 Å². The van der Waals surface area contributed by atoms with Gasteiger partial charge in [0.1, 0.15) is 16.4 Å². The number of rotatable bonds is 6. The van der Waals surface area contributed by atoms with Crippen LogP contribution >= 0.6 is 15.9 Å². The average molecular weight is 404 g/mol. The van der Waals surface area contributed by atoms with Gasteiger partial charge in [-0.05, 0) is 48.0 Å². The minimum absolute atomic E-state index is 0.0604. The Hall–Kier alpha value is -1.51. The number of halogens is 1. The molecule has 0 fully saturated rings. The third-order valence-electron chi connectivity index (χ3n) is 3.25. The number of nitrogens with one attached hydrogen (secondary N) is 1. The Morgan fingerprint density at radius 3 is 2.30 bits per heavy atom. The van der Waals surface area contributed by atoms with Crippen LogP contribution in [-0.4, -0.2) is 22.6 Å². The van der Waals surface area contributed by atoms with Crippen LogP contribution in [0.4, 0.5) is 0 Å². The molecule has 1 N–H and O–H groups in total. The van der Waals surface area contributed by atoms with Gasteiger partial charge in [0.05, 0.1) is 20.3 Å². The maximum Gasteiger partial charge on any atom is 0.242 e. The van der Waals surface area contributed by atoms with E-state index in [2.05, 4.69) is 20.7 Å². The summed E-state index contributed by atoms with van der Waals surface area (Å²) >= 11 is 3.26. The Bertz CT molecular complexity index is 800. The Labute approximate surface area is 144 Å². The summed E-state index contributed by atoms with van der Waals surface area (Å²) in [5.41, 5.74) is 0. The summed E-state index contributed by atoms with van der Waals surface area (Å²) in [7, 11) is -0.847. The second-order valence-electron chi connectivity index (χ2n) is 4.93. The molecule has 0 saturated heterocycles. The minimum atomic E-state index is -3.78. The van der Waals surface area contributed by atoms with Crippen molar-refractivity contribution in [2.24, 2.45) is 0 Å². The van der Waals surface area contributed by atoms with Crippen molar-refractivity contribution in [2.45, 2.75) is 24.8 Å². The van der Waals surface area contributed by atoms with Crippen LogP contribution in [0.5, 0.6) is 11.5 Å². The lowest BCUT2D eigenvalue weighted by molar-refractivity contribution is 0.353. The van der Waals surface area contributed by atoms with Crippen molar-refractivity contribution in [3.05, 3.63) is 40.3 Å². The van der Waals surface area contributed by atoms with Gasteiger partial charge in [-0.15, -0.1) is 0 Å². The van der Waals surface area contributed by atoms with Crippen molar-refractivity contribution in [3.8, 4) is 11.5 Å². The largest absolute Gasteiger partial charge is 0.493 e. The molecule has 1 heterocycles. The minimum Gasteiger partial charge on any atom is -0.493 e. The smallest absolute Gasteiger partial charge is 0.242 e. The molecule has 23 heavy (non-hydrogen) atoms. The molecular formula is C15H18BrNO5S. The third-order valence-corrected chi connectivity index (χ3v) is 5.75. The fourth-order valence-corrected chi connectivity index (χ4v) is 4.33. The zero-order valence-corrected chi connectivity index (χ0v) is 15.6. The molecule has 1 unspecified atom stereocenters. The first kappa shape index (κ1) is 17.8.